The highest BCUT2D eigenvalue weighted by Crippen LogP contribution is 2.44. The lowest BCUT2D eigenvalue weighted by atomic mass is 9.86. The van der Waals surface area contributed by atoms with Crippen LogP contribution in [-0.4, -0.2) is 35.7 Å². The zero-order valence-corrected chi connectivity index (χ0v) is 9.05. The van der Waals surface area contributed by atoms with Crippen molar-refractivity contribution in [2.75, 3.05) is 13.2 Å². The van der Waals surface area contributed by atoms with Crippen LogP contribution in [0.1, 0.15) is 40.0 Å². The number of ether oxygens (including phenoxy) is 1. The van der Waals surface area contributed by atoms with Gasteiger partial charge in [0.25, 0.3) is 0 Å². The number of fused-ring (bicyclic) bond motifs is 1. The van der Waals surface area contributed by atoms with Crippen molar-refractivity contribution in [2.24, 2.45) is 0 Å². The third-order valence-electron chi connectivity index (χ3n) is 3.67. The largest absolute Gasteiger partial charge is 0.377 e. The van der Waals surface area contributed by atoms with E-state index in [2.05, 4.69) is 25.7 Å². The Morgan fingerprint density at radius 2 is 2.23 bits per heavy atom. The monoisotopic (exact) mass is 183 g/mol. The van der Waals surface area contributed by atoms with Gasteiger partial charge in [0.1, 0.15) is 0 Å². The average Bonchev–Trinajstić information content (AvgIpc) is 2.21. The first-order chi connectivity index (χ1) is 6.14. The van der Waals surface area contributed by atoms with E-state index in [-0.39, 0.29) is 0 Å². The van der Waals surface area contributed by atoms with E-state index < -0.39 is 0 Å². The second kappa shape index (κ2) is 3.25. The molecule has 2 nitrogen and oxygen atoms in total. The molecule has 0 spiro atoms. The standard InChI is InChI=1S/C11H21NO/c1-9(2)13-8-11-5-4-10(3)12(11)7-6-11/h9-10H,4-8H2,1-3H3/t10-,11-/m1/s1. The predicted octanol–water partition coefficient (Wildman–Crippen LogP) is 2.04. The molecule has 13 heavy (non-hydrogen) atoms. The van der Waals surface area contributed by atoms with Gasteiger partial charge in [0.2, 0.25) is 0 Å². The van der Waals surface area contributed by atoms with Crippen LogP contribution in [0, 0.1) is 0 Å². The molecule has 0 unspecified atom stereocenters. The van der Waals surface area contributed by atoms with Crippen molar-refractivity contribution in [1.29, 1.82) is 0 Å². The number of nitrogens with zero attached hydrogens (tertiary/aromatic N) is 1. The Morgan fingerprint density at radius 1 is 1.46 bits per heavy atom. The predicted molar refractivity (Wildman–Crippen MR) is 53.8 cm³/mol. The molecule has 0 saturated carbocycles. The van der Waals surface area contributed by atoms with E-state index in [9.17, 15) is 0 Å². The van der Waals surface area contributed by atoms with E-state index in [0.29, 0.717) is 11.6 Å². The third kappa shape index (κ3) is 1.50. The van der Waals surface area contributed by atoms with E-state index in [1.54, 1.807) is 0 Å². The van der Waals surface area contributed by atoms with Crippen molar-refractivity contribution in [3.63, 3.8) is 0 Å². The summed E-state index contributed by atoms with van der Waals surface area (Å²) in [4.78, 5) is 2.63. The minimum Gasteiger partial charge on any atom is -0.377 e. The highest BCUT2D eigenvalue weighted by molar-refractivity contribution is 5.06. The summed E-state index contributed by atoms with van der Waals surface area (Å²) in [6, 6.07) is 0.796. The summed E-state index contributed by atoms with van der Waals surface area (Å²) in [6.45, 7) is 8.84. The van der Waals surface area contributed by atoms with E-state index >= 15 is 0 Å². The lowest BCUT2D eigenvalue weighted by Crippen LogP contribution is -2.60. The molecule has 0 aromatic heterocycles. The second-order valence-electron chi connectivity index (χ2n) is 4.92. The van der Waals surface area contributed by atoms with Crippen LogP contribution in [0.3, 0.4) is 0 Å². The van der Waals surface area contributed by atoms with Crippen molar-refractivity contribution in [3.05, 3.63) is 0 Å². The molecule has 0 aromatic carbocycles. The zero-order chi connectivity index (χ0) is 9.47. The molecular weight excluding hydrogens is 162 g/mol. The Balaban J connectivity index is 1.90. The van der Waals surface area contributed by atoms with Gasteiger partial charge in [0, 0.05) is 18.1 Å². The fourth-order valence-corrected chi connectivity index (χ4v) is 2.70. The van der Waals surface area contributed by atoms with E-state index in [0.717, 1.165) is 12.6 Å². The summed E-state index contributed by atoms with van der Waals surface area (Å²) in [6.07, 6.45) is 4.44. The minimum atomic E-state index is 0.382. The highest BCUT2D eigenvalue weighted by atomic mass is 16.5. The Labute approximate surface area is 81.3 Å². The van der Waals surface area contributed by atoms with E-state index in [1.807, 2.05) is 0 Å². The van der Waals surface area contributed by atoms with Gasteiger partial charge in [-0.25, -0.2) is 0 Å². The lowest BCUT2D eigenvalue weighted by molar-refractivity contribution is -0.0768. The Bertz CT molecular complexity index is 193. The molecule has 0 aliphatic carbocycles. The van der Waals surface area contributed by atoms with E-state index in [4.69, 9.17) is 4.74 Å². The molecule has 2 fully saturated rings. The molecule has 2 saturated heterocycles. The first kappa shape index (κ1) is 9.47. The fourth-order valence-electron chi connectivity index (χ4n) is 2.70. The first-order valence-corrected chi connectivity index (χ1v) is 5.52. The molecule has 0 aromatic rings. The summed E-state index contributed by atoms with van der Waals surface area (Å²) in [5.74, 6) is 0. The molecule has 2 rings (SSSR count). The molecular formula is C11H21NO. The van der Waals surface area contributed by atoms with Crippen LogP contribution in [0.2, 0.25) is 0 Å². The molecule has 0 N–H and O–H groups in total. The third-order valence-corrected chi connectivity index (χ3v) is 3.67. The first-order valence-electron chi connectivity index (χ1n) is 5.52. The molecule has 2 aliphatic heterocycles. The van der Waals surface area contributed by atoms with Crippen molar-refractivity contribution in [2.45, 2.75) is 57.7 Å². The normalized spacial score (nSPS) is 39.2. The topological polar surface area (TPSA) is 12.5 Å². The highest BCUT2D eigenvalue weighted by Gasteiger charge is 2.51. The van der Waals surface area contributed by atoms with E-state index in [1.165, 1.54) is 25.8 Å². The average molecular weight is 183 g/mol. The molecule has 0 amide bonds. The van der Waals surface area contributed by atoms with Crippen LogP contribution in [0.15, 0.2) is 0 Å². The SMILES string of the molecule is CC(C)OC[C@]12CC[C@@H](C)N1CC2. The van der Waals surface area contributed by atoms with Crippen LogP contribution in [0.25, 0.3) is 0 Å². The van der Waals surface area contributed by atoms with Gasteiger partial charge in [-0.3, -0.25) is 4.90 Å². The molecule has 2 heteroatoms. The van der Waals surface area contributed by atoms with Crippen LogP contribution >= 0.6 is 0 Å². The summed E-state index contributed by atoms with van der Waals surface area (Å²) in [7, 11) is 0. The molecule has 76 valence electrons. The molecule has 0 bridgehead atoms. The maximum Gasteiger partial charge on any atom is 0.0654 e. The lowest BCUT2D eigenvalue weighted by Gasteiger charge is -2.50. The molecule has 0 radical (unpaired) electrons. The number of rotatable bonds is 3. The summed E-state index contributed by atoms with van der Waals surface area (Å²) in [5.41, 5.74) is 0.448. The quantitative estimate of drug-likeness (QED) is 0.664. The van der Waals surface area contributed by atoms with Crippen molar-refractivity contribution < 1.29 is 4.74 Å². The Hall–Kier alpha value is -0.0800. The van der Waals surface area contributed by atoms with Crippen molar-refractivity contribution in [1.82, 2.24) is 4.90 Å². The van der Waals surface area contributed by atoms with Gasteiger partial charge in [-0.15, -0.1) is 0 Å². The van der Waals surface area contributed by atoms with Gasteiger partial charge in [0.05, 0.1) is 12.7 Å². The van der Waals surface area contributed by atoms with Gasteiger partial charge in [-0.05, 0) is 40.0 Å². The summed E-state index contributed by atoms with van der Waals surface area (Å²) in [5, 5.41) is 0. The van der Waals surface area contributed by atoms with Crippen LogP contribution in [0.5, 0.6) is 0 Å². The van der Waals surface area contributed by atoms with Crippen LogP contribution in [0.4, 0.5) is 0 Å². The van der Waals surface area contributed by atoms with Crippen molar-refractivity contribution >= 4 is 0 Å². The summed E-state index contributed by atoms with van der Waals surface area (Å²) >= 11 is 0. The maximum absolute atomic E-state index is 5.76. The number of hydrogen-bond donors (Lipinski definition) is 0. The van der Waals surface area contributed by atoms with Gasteiger partial charge < -0.3 is 4.74 Å². The molecule has 2 atom stereocenters. The van der Waals surface area contributed by atoms with Crippen molar-refractivity contribution in [3.8, 4) is 0 Å². The van der Waals surface area contributed by atoms with Crippen LogP contribution in [-0.2, 0) is 4.74 Å². The Kier molecular flexibility index (Phi) is 2.37. The zero-order valence-electron chi connectivity index (χ0n) is 9.05. The van der Waals surface area contributed by atoms with Crippen LogP contribution < -0.4 is 0 Å². The number of hydrogen-bond acceptors (Lipinski definition) is 2. The van der Waals surface area contributed by atoms with Gasteiger partial charge in [0.15, 0.2) is 0 Å². The Morgan fingerprint density at radius 3 is 2.69 bits per heavy atom. The molecule has 2 heterocycles. The maximum atomic E-state index is 5.76. The van der Waals surface area contributed by atoms with Gasteiger partial charge in [-0.1, -0.05) is 0 Å². The minimum absolute atomic E-state index is 0.382. The fraction of sp³-hybridized carbons (Fsp3) is 1.00. The van der Waals surface area contributed by atoms with Gasteiger partial charge >= 0.3 is 0 Å². The molecule has 2 aliphatic rings. The van der Waals surface area contributed by atoms with Gasteiger partial charge in [-0.2, -0.15) is 0 Å². The smallest absolute Gasteiger partial charge is 0.0654 e. The summed E-state index contributed by atoms with van der Waals surface area (Å²) < 4.78 is 5.76. The second-order valence-corrected chi connectivity index (χ2v) is 4.92.